The van der Waals surface area contributed by atoms with Gasteiger partial charge in [-0.05, 0) is 12.1 Å². The first-order valence-corrected chi connectivity index (χ1v) is 9.09. The summed E-state index contributed by atoms with van der Waals surface area (Å²) in [7, 11) is 0. The molecule has 0 amide bonds. The van der Waals surface area contributed by atoms with Crippen LogP contribution in [0.15, 0.2) is 28.7 Å². The van der Waals surface area contributed by atoms with Crippen molar-refractivity contribution >= 4 is 17.1 Å². The summed E-state index contributed by atoms with van der Waals surface area (Å²) in [5, 5.41) is 10.4. The first-order chi connectivity index (χ1) is 12.3. The summed E-state index contributed by atoms with van der Waals surface area (Å²) < 4.78 is 11.2. The highest BCUT2D eigenvalue weighted by Crippen LogP contribution is 2.22. The molecule has 4 rings (SSSR count). The number of hydrogen-bond acceptors (Lipinski definition) is 7. The molecule has 1 N–H and O–H groups in total. The van der Waals surface area contributed by atoms with Crippen molar-refractivity contribution in [2.75, 3.05) is 70.5 Å². The monoisotopic (exact) mass is 346 g/mol. The Labute approximate surface area is 147 Å². The number of rotatable bonds is 5. The molecule has 136 valence electrons. The summed E-state index contributed by atoms with van der Waals surface area (Å²) in [5.41, 5.74) is 1.74. The van der Waals surface area contributed by atoms with Crippen LogP contribution >= 0.6 is 0 Å². The van der Waals surface area contributed by atoms with E-state index in [0.717, 1.165) is 76.7 Å². The Morgan fingerprint density at radius 1 is 0.960 bits per heavy atom. The highest BCUT2D eigenvalue weighted by atomic mass is 16.5. The molecule has 2 aromatic rings. The molecule has 1 aromatic heterocycles. The quantitative estimate of drug-likeness (QED) is 0.852. The largest absolute Gasteiger partial charge is 0.423 e. The van der Waals surface area contributed by atoms with E-state index in [1.165, 1.54) is 0 Å². The molecule has 1 unspecified atom stereocenters. The van der Waals surface area contributed by atoms with E-state index in [-0.39, 0.29) is 6.10 Å². The topological polar surface area (TPSA) is 65.2 Å². The van der Waals surface area contributed by atoms with Gasteiger partial charge in [0, 0.05) is 52.4 Å². The van der Waals surface area contributed by atoms with E-state index in [1.807, 2.05) is 24.3 Å². The molecule has 2 fully saturated rings. The average Bonchev–Trinajstić information content (AvgIpc) is 3.07. The number of benzene rings is 1. The Balaban J connectivity index is 1.26. The highest BCUT2D eigenvalue weighted by Gasteiger charge is 2.23. The van der Waals surface area contributed by atoms with Gasteiger partial charge in [-0.15, -0.1) is 0 Å². The Bertz CT molecular complexity index is 645. The fraction of sp³-hybridized carbons (Fsp3) is 0.611. The normalized spacial score (nSPS) is 21.7. The molecule has 0 radical (unpaired) electrons. The zero-order chi connectivity index (χ0) is 17.1. The maximum absolute atomic E-state index is 10.4. The molecule has 1 aromatic carbocycles. The predicted molar refractivity (Wildman–Crippen MR) is 95.9 cm³/mol. The van der Waals surface area contributed by atoms with Gasteiger partial charge in [0.25, 0.3) is 6.01 Å². The minimum absolute atomic E-state index is 0.311. The molecule has 7 nitrogen and oxygen atoms in total. The van der Waals surface area contributed by atoms with Crippen LogP contribution in [0, 0.1) is 0 Å². The average molecular weight is 346 g/mol. The van der Waals surface area contributed by atoms with Gasteiger partial charge in [-0.2, -0.15) is 4.98 Å². The lowest BCUT2D eigenvalue weighted by Gasteiger charge is -2.36. The molecule has 3 heterocycles. The van der Waals surface area contributed by atoms with Crippen LogP contribution in [-0.2, 0) is 4.74 Å². The van der Waals surface area contributed by atoms with Crippen LogP contribution in [-0.4, -0.2) is 91.6 Å². The molecule has 7 heteroatoms. The lowest BCUT2D eigenvalue weighted by molar-refractivity contribution is 0.00651. The van der Waals surface area contributed by atoms with Crippen molar-refractivity contribution in [1.82, 2.24) is 14.8 Å². The number of piperazine rings is 1. The number of morpholine rings is 1. The second-order valence-corrected chi connectivity index (χ2v) is 6.82. The van der Waals surface area contributed by atoms with Crippen molar-refractivity contribution in [2.45, 2.75) is 6.10 Å². The van der Waals surface area contributed by atoms with Gasteiger partial charge < -0.3 is 19.2 Å². The van der Waals surface area contributed by atoms with Crippen LogP contribution in [0.1, 0.15) is 0 Å². The third kappa shape index (κ3) is 4.12. The maximum atomic E-state index is 10.4. The number of β-amino-alcohol motifs (C(OH)–C–C–N with tert-alkyl or cyclic N) is 1. The van der Waals surface area contributed by atoms with Gasteiger partial charge in [-0.1, -0.05) is 12.1 Å². The predicted octanol–water partition coefficient (Wildman–Crippen LogP) is 0.643. The summed E-state index contributed by atoms with van der Waals surface area (Å²) in [6.45, 7) is 8.41. The number of ether oxygens (including phenoxy) is 1. The maximum Gasteiger partial charge on any atom is 0.298 e. The van der Waals surface area contributed by atoms with Crippen molar-refractivity contribution < 1.29 is 14.3 Å². The molecule has 0 spiro atoms. The van der Waals surface area contributed by atoms with Crippen molar-refractivity contribution in [3.8, 4) is 0 Å². The van der Waals surface area contributed by atoms with Gasteiger partial charge in [0.1, 0.15) is 5.52 Å². The second-order valence-electron chi connectivity index (χ2n) is 6.82. The molecule has 2 aliphatic rings. The first-order valence-electron chi connectivity index (χ1n) is 9.09. The number of para-hydroxylation sites is 2. The number of nitrogens with zero attached hydrogens (tertiary/aromatic N) is 4. The lowest BCUT2D eigenvalue weighted by Crippen LogP contribution is -2.51. The van der Waals surface area contributed by atoms with Crippen LogP contribution in [0.25, 0.3) is 11.1 Å². The van der Waals surface area contributed by atoms with Crippen LogP contribution in [0.2, 0.25) is 0 Å². The van der Waals surface area contributed by atoms with Crippen LogP contribution in [0.3, 0.4) is 0 Å². The second kappa shape index (κ2) is 7.70. The molecule has 2 aliphatic heterocycles. The molecule has 1 atom stereocenters. The number of fused-ring (bicyclic) bond motifs is 1. The summed E-state index contributed by atoms with van der Waals surface area (Å²) in [5.74, 6) is 0. The summed E-state index contributed by atoms with van der Waals surface area (Å²) in [4.78, 5) is 11.4. The van der Waals surface area contributed by atoms with Crippen molar-refractivity contribution in [1.29, 1.82) is 0 Å². The number of hydrogen-bond donors (Lipinski definition) is 1. The molecule has 0 aliphatic carbocycles. The van der Waals surface area contributed by atoms with Crippen LogP contribution in [0.4, 0.5) is 6.01 Å². The minimum Gasteiger partial charge on any atom is -0.423 e. The first kappa shape index (κ1) is 16.8. The number of aliphatic hydroxyl groups is 1. The Morgan fingerprint density at radius 2 is 1.64 bits per heavy atom. The summed E-state index contributed by atoms with van der Waals surface area (Å²) >= 11 is 0. The zero-order valence-corrected chi connectivity index (χ0v) is 14.5. The third-order valence-corrected chi connectivity index (χ3v) is 4.97. The fourth-order valence-electron chi connectivity index (χ4n) is 3.55. The Hall–Kier alpha value is -1.67. The van der Waals surface area contributed by atoms with E-state index in [2.05, 4.69) is 19.7 Å². The van der Waals surface area contributed by atoms with Crippen LogP contribution < -0.4 is 4.90 Å². The third-order valence-electron chi connectivity index (χ3n) is 4.97. The Morgan fingerprint density at radius 3 is 2.36 bits per heavy atom. The molecular formula is C18H26N4O3. The van der Waals surface area contributed by atoms with E-state index in [0.29, 0.717) is 6.01 Å². The zero-order valence-electron chi connectivity index (χ0n) is 14.5. The van der Waals surface area contributed by atoms with E-state index in [1.54, 1.807) is 0 Å². The van der Waals surface area contributed by atoms with Gasteiger partial charge in [0.2, 0.25) is 0 Å². The van der Waals surface area contributed by atoms with Crippen molar-refractivity contribution in [3.05, 3.63) is 24.3 Å². The van der Waals surface area contributed by atoms with E-state index in [9.17, 15) is 5.11 Å². The van der Waals surface area contributed by atoms with Gasteiger partial charge in [0.05, 0.1) is 19.3 Å². The number of aliphatic hydroxyl groups excluding tert-OH is 1. The summed E-state index contributed by atoms with van der Waals surface area (Å²) in [6.07, 6.45) is -0.311. The smallest absolute Gasteiger partial charge is 0.298 e. The SMILES string of the molecule is OC(CN1CCOCC1)CN1CCN(c2nc3ccccc3o2)CC1. The number of anilines is 1. The molecular weight excluding hydrogens is 320 g/mol. The van der Waals surface area contributed by atoms with Crippen molar-refractivity contribution in [2.24, 2.45) is 0 Å². The molecule has 0 bridgehead atoms. The van der Waals surface area contributed by atoms with Gasteiger partial charge >= 0.3 is 0 Å². The van der Waals surface area contributed by atoms with Gasteiger partial charge in [-0.3, -0.25) is 9.80 Å². The minimum atomic E-state index is -0.311. The fourth-order valence-corrected chi connectivity index (χ4v) is 3.55. The van der Waals surface area contributed by atoms with Crippen LogP contribution in [0.5, 0.6) is 0 Å². The van der Waals surface area contributed by atoms with E-state index < -0.39 is 0 Å². The van der Waals surface area contributed by atoms with E-state index in [4.69, 9.17) is 9.15 Å². The summed E-state index contributed by atoms with van der Waals surface area (Å²) in [6, 6.07) is 8.56. The molecule has 0 saturated carbocycles. The van der Waals surface area contributed by atoms with Crippen molar-refractivity contribution in [3.63, 3.8) is 0 Å². The number of aromatic nitrogens is 1. The highest BCUT2D eigenvalue weighted by molar-refractivity contribution is 5.74. The van der Waals surface area contributed by atoms with Gasteiger partial charge in [-0.25, -0.2) is 0 Å². The molecule has 25 heavy (non-hydrogen) atoms. The number of oxazole rings is 1. The van der Waals surface area contributed by atoms with Gasteiger partial charge in [0.15, 0.2) is 5.58 Å². The standard InChI is InChI=1S/C18H26N4O3/c23-15(14-21-9-11-24-12-10-21)13-20-5-7-22(8-6-20)18-19-16-3-1-2-4-17(16)25-18/h1-4,15,23H,5-14H2. The molecule has 2 saturated heterocycles. The lowest BCUT2D eigenvalue weighted by atomic mass is 10.2. The Kier molecular flexibility index (Phi) is 5.17. The van der Waals surface area contributed by atoms with E-state index >= 15 is 0 Å².